The number of carboxylic acid groups (broad SMARTS) is 1. The number of carboxylic acids is 1. The molecule has 0 aromatic rings. The predicted octanol–water partition coefficient (Wildman–Crippen LogP) is 3.80. The molecule has 4 nitrogen and oxygen atoms in total. The lowest BCUT2D eigenvalue weighted by Crippen LogP contribution is -2.40. The first kappa shape index (κ1) is 20.3. The number of carbonyl (C=O) groups excluding carboxylic acids is 1. The van der Waals surface area contributed by atoms with Gasteiger partial charge >= 0.3 is 5.97 Å². The second kappa shape index (κ2) is 14.2. The Balaban J connectivity index is 3.50. The van der Waals surface area contributed by atoms with Crippen LogP contribution >= 0.6 is 12.6 Å². The predicted molar refractivity (Wildman–Crippen MR) is 89.9 cm³/mol. The van der Waals surface area contributed by atoms with E-state index in [1.165, 1.54) is 44.9 Å². The minimum Gasteiger partial charge on any atom is -0.480 e. The summed E-state index contributed by atoms with van der Waals surface area (Å²) >= 11 is 4.00. The van der Waals surface area contributed by atoms with Gasteiger partial charge in [-0.1, -0.05) is 58.3 Å². The van der Waals surface area contributed by atoms with Gasteiger partial charge in [-0.25, -0.2) is 4.79 Å². The summed E-state index contributed by atoms with van der Waals surface area (Å²) < 4.78 is 0. The molecule has 0 fully saturated rings. The highest BCUT2D eigenvalue weighted by atomic mass is 32.1. The van der Waals surface area contributed by atoms with Gasteiger partial charge in [0, 0.05) is 6.42 Å². The Morgan fingerprint density at radius 3 is 2.00 bits per heavy atom. The molecule has 0 saturated heterocycles. The highest BCUT2D eigenvalue weighted by Gasteiger charge is 2.18. The van der Waals surface area contributed by atoms with Crippen LogP contribution in [0.3, 0.4) is 0 Å². The standard InChI is InChI=1S/C16H31NO3S/c1-2-3-4-5-6-7-8-9-10-11-15(18)17-14(12-13-21)16(19)20/h14,21H,2-13H2,1H3,(H,17,18)(H,19,20)/t14-/m0/s1. The fraction of sp³-hybridized carbons (Fsp3) is 0.875. The molecule has 0 aliphatic carbocycles. The van der Waals surface area contributed by atoms with E-state index in [4.69, 9.17) is 5.11 Å². The Bertz CT molecular complexity index is 285. The number of carbonyl (C=O) groups is 2. The fourth-order valence-electron chi connectivity index (χ4n) is 2.25. The molecule has 1 atom stereocenters. The SMILES string of the molecule is CCCCCCCCCCCC(=O)N[C@@H](CCS)C(=O)O. The molecule has 0 rings (SSSR count). The van der Waals surface area contributed by atoms with E-state index in [-0.39, 0.29) is 5.91 Å². The average Bonchev–Trinajstić information content (AvgIpc) is 2.45. The number of nitrogens with one attached hydrogen (secondary N) is 1. The van der Waals surface area contributed by atoms with Gasteiger partial charge in [0.15, 0.2) is 0 Å². The van der Waals surface area contributed by atoms with Crippen molar-refractivity contribution in [3.05, 3.63) is 0 Å². The maximum absolute atomic E-state index is 11.6. The Hall–Kier alpha value is -0.710. The van der Waals surface area contributed by atoms with E-state index in [9.17, 15) is 9.59 Å². The molecule has 0 saturated carbocycles. The number of hydrogen-bond acceptors (Lipinski definition) is 3. The van der Waals surface area contributed by atoms with Crippen LogP contribution in [-0.4, -0.2) is 28.8 Å². The molecule has 0 bridgehead atoms. The summed E-state index contributed by atoms with van der Waals surface area (Å²) in [4.78, 5) is 22.5. The summed E-state index contributed by atoms with van der Waals surface area (Å²) in [5, 5.41) is 11.5. The van der Waals surface area contributed by atoms with Crippen molar-refractivity contribution in [2.24, 2.45) is 0 Å². The molecule has 1 amide bonds. The Morgan fingerprint density at radius 2 is 1.52 bits per heavy atom. The van der Waals surface area contributed by atoms with E-state index in [1.54, 1.807) is 0 Å². The Labute approximate surface area is 134 Å². The quantitative estimate of drug-likeness (QED) is 0.337. The van der Waals surface area contributed by atoms with Crippen LogP contribution in [0, 0.1) is 0 Å². The van der Waals surface area contributed by atoms with Gasteiger partial charge in [0.25, 0.3) is 0 Å². The molecule has 0 aliphatic rings. The zero-order valence-electron chi connectivity index (χ0n) is 13.3. The molecule has 0 aliphatic heterocycles. The van der Waals surface area contributed by atoms with Crippen molar-refractivity contribution in [3.8, 4) is 0 Å². The first-order chi connectivity index (χ1) is 10.1. The van der Waals surface area contributed by atoms with Crippen molar-refractivity contribution in [2.75, 3.05) is 5.75 Å². The molecule has 2 N–H and O–H groups in total. The number of hydrogen-bond donors (Lipinski definition) is 3. The fourth-order valence-corrected chi connectivity index (χ4v) is 2.51. The minimum atomic E-state index is -0.982. The lowest BCUT2D eigenvalue weighted by molar-refractivity contribution is -0.141. The highest BCUT2D eigenvalue weighted by Crippen LogP contribution is 2.10. The summed E-state index contributed by atoms with van der Waals surface area (Å²) in [5.74, 6) is -0.688. The zero-order valence-corrected chi connectivity index (χ0v) is 14.2. The van der Waals surface area contributed by atoms with E-state index >= 15 is 0 Å². The summed E-state index contributed by atoms with van der Waals surface area (Å²) in [5.41, 5.74) is 0. The number of rotatable bonds is 14. The van der Waals surface area contributed by atoms with Crippen LogP contribution in [-0.2, 0) is 9.59 Å². The number of amides is 1. The molecule has 0 radical (unpaired) electrons. The summed E-state index contributed by atoms with van der Waals surface area (Å²) in [6, 6.07) is -0.798. The van der Waals surface area contributed by atoms with E-state index in [2.05, 4.69) is 24.9 Å². The number of aliphatic carboxylic acids is 1. The Kier molecular flexibility index (Phi) is 13.8. The molecule has 21 heavy (non-hydrogen) atoms. The first-order valence-corrected chi connectivity index (χ1v) is 8.88. The molecular weight excluding hydrogens is 286 g/mol. The summed E-state index contributed by atoms with van der Waals surface area (Å²) in [6.45, 7) is 2.22. The third-order valence-corrected chi connectivity index (χ3v) is 3.82. The molecule has 5 heteroatoms. The lowest BCUT2D eigenvalue weighted by atomic mass is 10.1. The molecule has 0 spiro atoms. The third-order valence-electron chi connectivity index (χ3n) is 3.56. The number of thiol groups is 1. The van der Waals surface area contributed by atoms with Crippen LogP contribution in [0.2, 0.25) is 0 Å². The molecule has 0 aromatic carbocycles. The molecular formula is C16H31NO3S. The van der Waals surface area contributed by atoms with Crippen LogP contribution in [0.1, 0.15) is 77.6 Å². The number of unbranched alkanes of at least 4 members (excludes halogenated alkanes) is 8. The highest BCUT2D eigenvalue weighted by molar-refractivity contribution is 7.80. The van der Waals surface area contributed by atoms with Crippen LogP contribution < -0.4 is 5.32 Å². The van der Waals surface area contributed by atoms with Crippen molar-refractivity contribution in [1.29, 1.82) is 0 Å². The molecule has 124 valence electrons. The summed E-state index contributed by atoms with van der Waals surface area (Å²) in [7, 11) is 0. The molecule has 0 unspecified atom stereocenters. The topological polar surface area (TPSA) is 66.4 Å². The van der Waals surface area contributed by atoms with E-state index < -0.39 is 12.0 Å². The van der Waals surface area contributed by atoms with Crippen molar-refractivity contribution in [3.63, 3.8) is 0 Å². The molecule has 0 heterocycles. The van der Waals surface area contributed by atoms with E-state index in [0.717, 1.165) is 12.8 Å². The van der Waals surface area contributed by atoms with Gasteiger partial charge in [0.1, 0.15) is 6.04 Å². The van der Waals surface area contributed by atoms with Crippen molar-refractivity contribution < 1.29 is 14.7 Å². The first-order valence-electron chi connectivity index (χ1n) is 8.24. The van der Waals surface area contributed by atoms with E-state index in [0.29, 0.717) is 18.6 Å². The average molecular weight is 317 g/mol. The van der Waals surface area contributed by atoms with Crippen LogP contribution in [0.15, 0.2) is 0 Å². The lowest BCUT2D eigenvalue weighted by Gasteiger charge is -2.13. The maximum Gasteiger partial charge on any atom is 0.326 e. The van der Waals surface area contributed by atoms with E-state index in [1.807, 2.05) is 0 Å². The second-order valence-corrected chi connectivity index (χ2v) is 6.00. The maximum atomic E-state index is 11.6. The summed E-state index contributed by atoms with van der Waals surface area (Å²) in [6.07, 6.45) is 11.6. The normalized spacial score (nSPS) is 12.1. The van der Waals surface area contributed by atoms with Crippen LogP contribution in [0.4, 0.5) is 0 Å². The van der Waals surface area contributed by atoms with Gasteiger partial charge < -0.3 is 10.4 Å². The Morgan fingerprint density at radius 1 is 1.00 bits per heavy atom. The van der Waals surface area contributed by atoms with Crippen molar-refractivity contribution in [1.82, 2.24) is 5.32 Å². The van der Waals surface area contributed by atoms with Crippen molar-refractivity contribution in [2.45, 2.75) is 83.6 Å². The van der Waals surface area contributed by atoms with Gasteiger partial charge in [-0.3, -0.25) is 4.79 Å². The van der Waals surface area contributed by atoms with Crippen molar-refractivity contribution >= 4 is 24.5 Å². The second-order valence-electron chi connectivity index (χ2n) is 5.55. The minimum absolute atomic E-state index is 0.160. The van der Waals surface area contributed by atoms with Gasteiger partial charge in [-0.2, -0.15) is 12.6 Å². The zero-order chi connectivity index (χ0) is 15.9. The third kappa shape index (κ3) is 12.7. The van der Waals surface area contributed by atoms with Gasteiger partial charge in [-0.15, -0.1) is 0 Å². The van der Waals surface area contributed by atoms with Crippen LogP contribution in [0.25, 0.3) is 0 Å². The van der Waals surface area contributed by atoms with Gasteiger partial charge in [0.05, 0.1) is 0 Å². The van der Waals surface area contributed by atoms with Crippen LogP contribution in [0.5, 0.6) is 0 Å². The van der Waals surface area contributed by atoms with Gasteiger partial charge in [0.2, 0.25) is 5.91 Å². The monoisotopic (exact) mass is 317 g/mol. The smallest absolute Gasteiger partial charge is 0.326 e. The molecule has 0 aromatic heterocycles. The largest absolute Gasteiger partial charge is 0.480 e. The van der Waals surface area contributed by atoms with Gasteiger partial charge in [-0.05, 0) is 18.6 Å².